The normalized spacial score (nSPS) is 9.76. The number of hydrogen-bond donors (Lipinski definition) is 2. The lowest BCUT2D eigenvalue weighted by molar-refractivity contribution is -0.114. The molecule has 1 amide bonds. The number of rotatable bonds is 4. The van der Waals surface area contributed by atoms with Crippen LogP contribution >= 0.6 is 11.6 Å². The van der Waals surface area contributed by atoms with E-state index in [1.54, 1.807) is 24.3 Å². The Morgan fingerprint density at radius 2 is 1.95 bits per heavy atom. The van der Waals surface area contributed by atoms with Crippen LogP contribution in [0.1, 0.15) is 5.56 Å². The number of anilines is 2. The second kappa shape index (κ2) is 6.73. The Hall–Kier alpha value is -2.58. The second-order valence-electron chi connectivity index (χ2n) is 4.22. The first-order valence-electron chi connectivity index (χ1n) is 6.07. The molecule has 0 aliphatic rings. The van der Waals surface area contributed by atoms with Crippen LogP contribution in [0.4, 0.5) is 15.8 Å². The largest absolute Gasteiger partial charge is 0.376 e. The summed E-state index contributed by atoms with van der Waals surface area (Å²) < 4.78 is 13.5. The Labute approximate surface area is 126 Å². The number of nitrogens with zero attached hydrogens (tertiary/aromatic N) is 1. The summed E-state index contributed by atoms with van der Waals surface area (Å²) in [4.78, 5) is 11.7. The fraction of sp³-hybridized carbons (Fsp3) is 0.0667. The van der Waals surface area contributed by atoms with E-state index in [0.29, 0.717) is 16.3 Å². The summed E-state index contributed by atoms with van der Waals surface area (Å²) in [5.74, 6) is -0.952. The molecule has 0 saturated carbocycles. The molecule has 2 aromatic rings. The number of halogens is 2. The molecule has 0 spiro atoms. The molecule has 0 aliphatic carbocycles. The highest BCUT2D eigenvalue weighted by molar-refractivity contribution is 6.30. The van der Waals surface area contributed by atoms with Gasteiger partial charge in [0.2, 0.25) is 5.91 Å². The van der Waals surface area contributed by atoms with Crippen LogP contribution in [0, 0.1) is 17.1 Å². The third-order valence-corrected chi connectivity index (χ3v) is 2.90. The molecule has 0 heterocycles. The monoisotopic (exact) mass is 303 g/mol. The van der Waals surface area contributed by atoms with Crippen molar-refractivity contribution in [1.29, 1.82) is 5.26 Å². The summed E-state index contributed by atoms with van der Waals surface area (Å²) in [5, 5.41) is 14.3. The Kier molecular flexibility index (Phi) is 4.75. The first-order chi connectivity index (χ1) is 10.1. The molecule has 0 fully saturated rings. The fourth-order valence-electron chi connectivity index (χ4n) is 1.63. The number of hydrogen-bond acceptors (Lipinski definition) is 3. The smallest absolute Gasteiger partial charge is 0.243 e. The zero-order valence-corrected chi connectivity index (χ0v) is 11.6. The van der Waals surface area contributed by atoms with Crippen LogP contribution in [-0.4, -0.2) is 12.5 Å². The van der Waals surface area contributed by atoms with Gasteiger partial charge in [0.1, 0.15) is 5.82 Å². The zero-order valence-electron chi connectivity index (χ0n) is 10.9. The van der Waals surface area contributed by atoms with Gasteiger partial charge in [-0.2, -0.15) is 5.26 Å². The Bertz CT molecular complexity index is 695. The second-order valence-corrected chi connectivity index (χ2v) is 4.65. The fourth-order valence-corrected chi connectivity index (χ4v) is 1.80. The Morgan fingerprint density at radius 3 is 2.62 bits per heavy atom. The molecule has 0 aliphatic heterocycles. The van der Waals surface area contributed by atoms with Crippen LogP contribution < -0.4 is 10.6 Å². The van der Waals surface area contributed by atoms with Gasteiger partial charge in [0.25, 0.3) is 0 Å². The third kappa shape index (κ3) is 4.20. The molecule has 0 saturated heterocycles. The van der Waals surface area contributed by atoms with E-state index in [-0.39, 0.29) is 12.2 Å². The van der Waals surface area contributed by atoms with E-state index in [9.17, 15) is 9.18 Å². The van der Waals surface area contributed by atoms with Crippen LogP contribution in [0.3, 0.4) is 0 Å². The molecule has 0 radical (unpaired) electrons. The number of nitrogens with one attached hydrogen (secondary N) is 2. The molecule has 0 aromatic heterocycles. The van der Waals surface area contributed by atoms with E-state index in [1.165, 1.54) is 18.2 Å². The van der Waals surface area contributed by atoms with E-state index in [4.69, 9.17) is 16.9 Å². The number of carbonyl (C=O) groups is 1. The summed E-state index contributed by atoms with van der Waals surface area (Å²) >= 11 is 5.74. The Balaban J connectivity index is 1.92. The molecule has 21 heavy (non-hydrogen) atoms. The van der Waals surface area contributed by atoms with Gasteiger partial charge >= 0.3 is 0 Å². The average molecular weight is 304 g/mol. The highest BCUT2D eigenvalue weighted by Gasteiger charge is 2.07. The minimum atomic E-state index is -0.550. The zero-order chi connectivity index (χ0) is 15.2. The number of carbonyl (C=O) groups excluding carboxylic acids is 1. The highest BCUT2D eigenvalue weighted by atomic mass is 35.5. The van der Waals surface area contributed by atoms with Crippen LogP contribution in [0.15, 0.2) is 42.5 Å². The van der Waals surface area contributed by atoms with E-state index < -0.39 is 11.7 Å². The standard InChI is InChI=1S/C15H11ClFN3O/c16-11-3-6-13(17)14(7-11)20-15(21)9-19-12-4-1-10(8-18)2-5-12/h1-7,19H,9H2,(H,20,21). The van der Waals surface area contributed by atoms with Crippen LogP contribution in [0.2, 0.25) is 5.02 Å². The molecule has 2 N–H and O–H groups in total. The highest BCUT2D eigenvalue weighted by Crippen LogP contribution is 2.19. The average Bonchev–Trinajstić information content (AvgIpc) is 2.49. The van der Waals surface area contributed by atoms with Crippen molar-refractivity contribution in [3.63, 3.8) is 0 Å². The van der Waals surface area contributed by atoms with E-state index in [1.807, 2.05) is 6.07 Å². The molecular formula is C15H11ClFN3O. The van der Waals surface area contributed by atoms with Crippen molar-refractivity contribution in [3.8, 4) is 6.07 Å². The topological polar surface area (TPSA) is 64.9 Å². The van der Waals surface area contributed by atoms with Crippen molar-refractivity contribution < 1.29 is 9.18 Å². The molecule has 0 atom stereocenters. The molecule has 6 heteroatoms. The van der Waals surface area contributed by atoms with E-state index >= 15 is 0 Å². The van der Waals surface area contributed by atoms with Gasteiger partial charge in [0.05, 0.1) is 23.9 Å². The maximum Gasteiger partial charge on any atom is 0.243 e. The number of amides is 1. The molecule has 0 unspecified atom stereocenters. The number of nitriles is 1. The summed E-state index contributed by atoms with van der Waals surface area (Å²) in [7, 11) is 0. The molecule has 2 rings (SSSR count). The lowest BCUT2D eigenvalue weighted by Gasteiger charge is -2.09. The van der Waals surface area contributed by atoms with Gasteiger partial charge in [-0.3, -0.25) is 4.79 Å². The lowest BCUT2D eigenvalue weighted by Crippen LogP contribution is -2.22. The van der Waals surface area contributed by atoms with Gasteiger partial charge in [-0.25, -0.2) is 4.39 Å². The molecule has 106 valence electrons. The van der Waals surface area contributed by atoms with Gasteiger partial charge in [-0.05, 0) is 42.5 Å². The Morgan fingerprint density at radius 1 is 1.24 bits per heavy atom. The summed E-state index contributed by atoms with van der Waals surface area (Å²) in [5.41, 5.74) is 1.26. The quantitative estimate of drug-likeness (QED) is 0.910. The SMILES string of the molecule is N#Cc1ccc(NCC(=O)Nc2cc(Cl)ccc2F)cc1. The van der Waals surface area contributed by atoms with Crippen molar-refractivity contribution in [3.05, 3.63) is 58.9 Å². The van der Waals surface area contributed by atoms with Crippen LogP contribution in [0.25, 0.3) is 0 Å². The van der Waals surface area contributed by atoms with Gasteiger partial charge < -0.3 is 10.6 Å². The van der Waals surface area contributed by atoms with Gasteiger partial charge in [-0.15, -0.1) is 0 Å². The summed E-state index contributed by atoms with van der Waals surface area (Å²) in [6.07, 6.45) is 0. The van der Waals surface area contributed by atoms with Crippen molar-refractivity contribution in [2.45, 2.75) is 0 Å². The summed E-state index contributed by atoms with van der Waals surface area (Å²) in [6.45, 7) is -0.0299. The maximum atomic E-state index is 13.5. The van der Waals surface area contributed by atoms with Gasteiger partial charge in [-0.1, -0.05) is 11.6 Å². The van der Waals surface area contributed by atoms with Gasteiger partial charge in [0.15, 0.2) is 0 Å². The number of benzene rings is 2. The molecule has 4 nitrogen and oxygen atoms in total. The first-order valence-corrected chi connectivity index (χ1v) is 6.45. The van der Waals surface area contributed by atoms with Gasteiger partial charge in [0, 0.05) is 10.7 Å². The predicted octanol–water partition coefficient (Wildman–Crippen LogP) is 3.40. The molecular weight excluding hydrogens is 293 g/mol. The predicted molar refractivity (Wildman–Crippen MR) is 79.7 cm³/mol. The maximum absolute atomic E-state index is 13.5. The minimum Gasteiger partial charge on any atom is -0.376 e. The molecule has 2 aromatic carbocycles. The van der Waals surface area contributed by atoms with Crippen molar-refractivity contribution in [1.82, 2.24) is 0 Å². The third-order valence-electron chi connectivity index (χ3n) is 2.67. The van der Waals surface area contributed by atoms with Crippen molar-refractivity contribution in [2.24, 2.45) is 0 Å². The van der Waals surface area contributed by atoms with E-state index in [0.717, 1.165) is 0 Å². The lowest BCUT2D eigenvalue weighted by atomic mass is 10.2. The van der Waals surface area contributed by atoms with Crippen LogP contribution in [-0.2, 0) is 4.79 Å². The minimum absolute atomic E-state index is 0.0299. The molecule has 0 bridgehead atoms. The first kappa shape index (κ1) is 14.8. The van der Waals surface area contributed by atoms with Crippen molar-refractivity contribution >= 4 is 28.9 Å². The van der Waals surface area contributed by atoms with Crippen molar-refractivity contribution in [2.75, 3.05) is 17.2 Å². The van der Waals surface area contributed by atoms with E-state index in [2.05, 4.69) is 10.6 Å². The summed E-state index contributed by atoms with van der Waals surface area (Å²) in [6, 6.07) is 12.6. The van der Waals surface area contributed by atoms with Crippen LogP contribution in [0.5, 0.6) is 0 Å².